The SMILES string of the molecule is Nc1cccc[n+]1CCOCCOCC[n+]1ccccc1N.[Br-].[Br-]. The van der Waals surface area contributed by atoms with E-state index < -0.39 is 0 Å². The molecule has 0 bridgehead atoms. The first-order valence-electron chi connectivity index (χ1n) is 7.41. The molecule has 0 amide bonds. The normalized spacial score (nSPS) is 9.83. The van der Waals surface area contributed by atoms with E-state index >= 15 is 0 Å². The van der Waals surface area contributed by atoms with E-state index in [2.05, 4.69) is 0 Å². The van der Waals surface area contributed by atoms with Gasteiger partial charge >= 0.3 is 0 Å². The maximum Gasteiger partial charge on any atom is 0.272 e. The predicted octanol–water partition coefficient (Wildman–Crippen LogP) is -5.83. The number of pyridine rings is 2. The Kier molecular flexibility index (Phi) is 12.4. The van der Waals surface area contributed by atoms with Gasteiger partial charge in [-0.1, -0.05) is 12.1 Å². The summed E-state index contributed by atoms with van der Waals surface area (Å²) in [5.74, 6) is 1.47. The third-order valence-corrected chi connectivity index (χ3v) is 3.28. The summed E-state index contributed by atoms with van der Waals surface area (Å²) in [7, 11) is 0. The lowest BCUT2D eigenvalue weighted by Gasteiger charge is -2.06. The third kappa shape index (κ3) is 8.05. The molecule has 0 aliphatic carbocycles. The second-order valence-corrected chi connectivity index (χ2v) is 4.86. The van der Waals surface area contributed by atoms with Gasteiger partial charge in [-0.2, -0.15) is 0 Å². The van der Waals surface area contributed by atoms with Crippen molar-refractivity contribution in [3.63, 3.8) is 0 Å². The van der Waals surface area contributed by atoms with Gasteiger partial charge in [-0.05, 0) is 12.1 Å². The second kappa shape index (κ2) is 13.1. The first-order chi connectivity index (χ1) is 10.8. The van der Waals surface area contributed by atoms with Crippen molar-refractivity contribution in [2.45, 2.75) is 13.1 Å². The number of nitrogens with zero attached hydrogens (tertiary/aromatic N) is 2. The minimum Gasteiger partial charge on any atom is -1.00 e. The highest BCUT2D eigenvalue weighted by atomic mass is 79.9. The summed E-state index contributed by atoms with van der Waals surface area (Å²) in [6.07, 6.45) is 3.88. The smallest absolute Gasteiger partial charge is 0.272 e. The fraction of sp³-hybridized carbons (Fsp3) is 0.375. The largest absolute Gasteiger partial charge is 1.00 e. The number of ether oxygens (including phenoxy) is 2. The van der Waals surface area contributed by atoms with Gasteiger partial charge in [0.25, 0.3) is 11.6 Å². The highest BCUT2D eigenvalue weighted by molar-refractivity contribution is 5.19. The predicted molar refractivity (Wildman–Crippen MR) is 83.7 cm³/mol. The number of rotatable bonds is 9. The molecule has 0 saturated carbocycles. The van der Waals surface area contributed by atoms with Crippen LogP contribution in [0.2, 0.25) is 0 Å². The number of anilines is 2. The van der Waals surface area contributed by atoms with Gasteiger partial charge in [0.1, 0.15) is 13.1 Å². The molecule has 6 nitrogen and oxygen atoms in total. The minimum absolute atomic E-state index is 0. The second-order valence-electron chi connectivity index (χ2n) is 4.86. The van der Waals surface area contributed by atoms with Crippen LogP contribution >= 0.6 is 0 Å². The molecule has 0 aliphatic rings. The number of aromatic nitrogens is 2. The van der Waals surface area contributed by atoms with Crippen LogP contribution in [0.5, 0.6) is 0 Å². The molecule has 2 aromatic rings. The molecule has 2 aromatic heterocycles. The van der Waals surface area contributed by atoms with Gasteiger partial charge in [0.2, 0.25) is 0 Å². The summed E-state index contributed by atoms with van der Waals surface area (Å²) in [5, 5.41) is 0. The van der Waals surface area contributed by atoms with Crippen LogP contribution in [0.15, 0.2) is 48.8 Å². The molecule has 2 rings (SSSR count). The van der Waals surface area contributed by atoms with E-state index in [0.717, 1.165) is 24.7 Å². The highest BCUT2D eigenvalue weighted by Crippen LogP contribution is 1.92. The Hall–Kier alpha value is -1.22. The van der Waals surface area contributed by atoms with Gasteiger partial charge in [0, 0.05) is 12.1 Å². The summed E-state index contributed by atoms with van der Waals surface area (Å²) in [5.41, 5.74) is 11.7. The van der Waals surface area contributed by atoms with Gasteiger partial charge in [-0.3, -0.25) is 11.5 Å². The van der Waals surface area contributed by atoms with Crippen LogP contribution in [0.25, 0.3) is 0 Å². The van der Waals surface area contributed by atoms with Crippen LogP contribution in [-0.2, 0) is 22.6 Å². The fourth-order valence-electron chi connectivity index (χ4n) is 2.03. The topological polar surface area (TPSA) is 78.3 Å². The molecular weight excluding hydrogens is 440 g/mol. The van der Waals surface area contributed by atoms with Crippen molar-refractivity contribution >= 4 is 11.6 Å². The zero-order chi connectivity index (χ0) is 15.6. The quantitative estimate of drug-likeness (QED) is 0.287. The van der Waals surface area contributed by atoms with E-state index in [4.69, 9.17) is 20.9 Å². The van der Waals surface area contributed by atoms with Crippen molar-refractivity contribution in [1.29, 1.82) is 0 Å². The number of hydrogen-bond donors (Lipinski definition) is 2. The van der Waals surface area contributed by atoms with Gasteiger partial charge < -0.3 is 43.4 Å². The number of nitrogens with two attached hydrogens (primary N) is 2. The maximum atomic E-state index is 5.84. The average Bonchev–Trinajstić information content (AvgIpc) is 2.53. The number of halogens is 2. The van der Waals surface area contributed by atoms with Gasteiger partial charge in [0.05, 0.1) is 38.8 Å². The summed E-state index contributed by atoms with van der Waals surface area (Å²) in [4.78, 5) is 0. The number of nitrogen functional groups attached to an aromatic ring is 2. The zero-order valence-electron chi connectivity index (χ0n) is 13.5. The van der Waals surface area contributed by atoms with E-state index in [1.54, 1.807) is 0 Å². The molecule has 24 heavy (non-hydrogen) atoms. The standard InChI is InChI=1S/C16H22N4O2.2BrH/c17-15-5-1-3-7-19(15)9-11-21-13-14-22-12-10-20-8-4-2-6-16(20)18;;/h1-8,17-18H,9-14H2;2*1H. The molecule has 0 spiro atoms. The summed E-state index contributed by atoms with van der Waals surface area (Å²) < 4.78 is 15.0. The average molecular weight is 464 g/mol. The Balaban J connectivity index is 0.00000264. The molecular formula is C16H24Br2N4O2. The third-order valence-electron chi connectivity index (χ3n) is 3.28. The van der Waals surface area contributed by atoms with E-state index in [-0.39, 0.29) is 34.0 Å². The molecule has 0 aliphatic heterocycles. The van der Waals surface area contributed by atoms with Gasteiger partial charge in [-0.25, -0.2) is 9.13 Å². The van der Waals surface area contributed by atoms with Crippen LogP contribution in [0, 0.1) is 0 Å². The van der Waals surface area contributed by atoms with E-state index in [1.807, 2.05) is 57.9 Å². The van der Waals surface area contributed by atoms with E-state index in [0.29, 0.717) is 26.4 Å². The van der Waals surface area contributed by atoms with Crippen LogP contribution in [0.3, 0.4) is 0 Å². The summed E-state index contributed by atoms with van der Waals surface area (Å²) in [6.45, 7) is 3.85. The first-order valence-corrected chi connectivity index (χ1v) is 7.41. The number of hydrogen-bond acceptors (Lipinski definition) is 4. The Labute approximate surface area is 163 Å². The van der Waals surface area contributed by atoms with Crippen molar-refractivity contribution in [3.8, 4) is 0 Å². The maximum absolute atomic E-state index is 5.84. The van der Waals surface area contributed by atoms with Gasteiger partial charge in [0.15, 0.2) is 0 Å². The molecule has 0 radical (unpaired) electrons. The van der Waals surface area contributed by atoms with Crippen molar-refractivity contribution in [1.82, 2.24) is 0 Å². The lowest BCUT2D eigenvalue weighted by Crippen LogP contribution is -3.00. The molecule has 8 heteroatoms. The molecule has 0 unspecified atom stereocenters. The molecule has 0 saturated heterocycles. The molecule has 0 fully saturated rings. The van der Waals surface area contributed by atoms with E-state index in [1.165, 1.54) is 0 Å². The Morgan fingerprint density at radius 2 is 1.08 bits per heavy atom. The van der Waals surface area contributed by atoms with Crippen LogP contribution in [0.4, 0.5) is 11.6 Å². The summed E-state index contributed by atoms with van der Waals surface area (Å²) >= 11 is 0. The molecule has 4 N–H and O–H groups in total. The van der Waals surface area contributed by atoms with Gasteiger partial charge in [-0.15, -0.1) is 0 Å². The summed E-state index contributed by atoms with van der Waals surface area (Å²) in [6, 6.07) is 11.5. The molecule has 2 heterocycles. The Morgan fingerprint density at radius 1 is 0.667 bits per heavy atom. The molecule has 0 atom stereocenters. The van der Waals surface area contributed by atoms with Crippen molar-refractivity contribution in [2.24, 2.45) is 0 Å². The van der Waals surface area contributed by atoms with Crippen molar-refractivity contribution in [3.05, 3.63) is 48.8 Å². The minimum atomic E-state index is 0. The Morgan fingerprint density at radius 3 is 1.46 bits per heavy atom. The van der Waals surface area contributed by atoms with Crippen LogP contribution < -0.4 is 54.6 Å². The zero-order valence-corrected chi connectivity index (χ0v) is 16.7. The first kappa shape index (κ1) is 22.8. The lowest BCUT2D eigenvalue weighted by atomic mass is 10.4. The van der Waals surface area contributed by atoms with E-state index in [9.17, 15) is 0 Å². The fourth-order valence-corrected chi connectivity index (χ4v) is 2.03. The highest BCUT2D eigenvalue weighted by Gasteiger charge is 2.03. The molecule has 0 aromatic carbocycles. The molecule has 134 valence electrons. The van der Waals surface area contributed by atoms with Crippen LogP contribution in [0.1, 0.15) is 0 Å². The van der Waals surface area contributed by atoms with Crippen LogP contribution in [-0.4, -0.2) is 26.4 Å². The Bertz CT molecular complexity index is 536. The lowest BCUT2D eigenvalue weighted by molar-refractivity contribution is -0.685. The van der Waals surface area contributed by atoms with Crippen molar-refractivity contribution in [2.75, 3.05) is 37.9 Å². The van der Waals surface area contributed by atoms with Crippen molar-refractivity contribution < 1.29 is 52.6 Å². The monoisotopic (exact) mass is 462 g/mol.